The maximum atomic E-state index is 14.1. The van der Waals surface area contributed by atoms with Crippen LogP contribution in [0.1, 0.15) is 39.5 Å². The summed E-state index contributed by atoms with van der Waals surface area (Å²) in [6, 6.07) is 7.86. The average Bonchev–Trinajstić information content (AvgIpc) is 2.92. The number of carbonyl (C=O) groups excluding carboxylic acids is 1. The lowest BCUT2D eigenvalue weighted by Gasteiger charge is -2.34. The molecule has 1 aromatic carbocycles. The summed E-state index contributed by atoms with van der Waals surface area (Å²) in [5.41, 5.74) is -0.335. The fourth-order valence-corrected chi connectivity index (χ4v) is 4.19. The molecule has 7 nitrogen and oxygen atoms in total. The lowest BCUT2D eigenvalue weighted by Crippen LogP contribution is -2.45. The largest absolute Gasteiger partial charge is 0.416 e. The molecule has 1 amide bonds. The van der Waals surface area contributed by atoms with E-state index < -0.39 is 23.5 Å². The van der Waals surface area contributed by atoms with Crippen molar-refractivity contribution in [1.82, 2.24) is 19.8 Å². The van der Waals surface area contributed by atoms with Crippen molar-refractivity contribution in [2.75, 3.05) is 50.4 Å². The van der Waals surface area contributed by atoms with E-state index in [1.165, 1.54) is 36.7 Å². The van der Waals surface area contributed by atoms with Gasteiger partial charge in [0.25, 0.3) is 5.91 Å². The van der Waals surface area contributed by atoms with E-state index in [2.05, 4.69) is 44.3 Å². The molecule has 1 saturated heterocycles. The topological polar surface area (TPSA) is 73.4 Å². The van der Waals surface area contributed by atoms with Gasteiger partial charge in [-0.05, 0) is 36.4 Å². The van der Waals surface area contributed by atoms with Gasteiger partial charge in [-0.3, -0.25) is 9.69 Å². The zero-order valence-electron chi connectivity index (χ0n) is 21.6. The third kappa shape index (κ3) is 7.31. The number of amides is 1. The van der Waals surface area contributed by atoms with E-state index in [4.69, 9.17) is 0 Å². The number of hydrogen-bond donors (Lipinski definition) is 2. The van der Waals surface area contributed by atoms with Gasteiger partial charge in [-0.1, -0.05) is 24.8 Å². The summed E-state index contributed by atoms with van der Waals surface area (Å²) in [5, 5.41) is 5.25. The number of anilines is 2. The van der Waals surface area contributed by atoms with E-state index in [0.29, 0.717) is 24.5 Å². The fourth-order valence-electron chi connectivity index (χ4n) is 4.19. The monoisotopic (exact) mass is 540 g/mol. The first kappa shape index (κ1) is 28.0. The van der Waals surface area contributed by atoms with Crippen LogP contribution in [0, 0.1) is 17.7 Å². The van der Waals surface area contributed by atoms with E-state index in [0.717, 1.165) is 25.7 Å². The number of likely N-dealkylation sites (N-methyl/N-ethyl adjacent to an activating group) is 1. The highest BCUT2D eigenvalue weighted by atomic mass is 19.4. The SMILES string of the molecule is CCN1CCN(Cc2ccc(C(=O)Nc3cc(C#Cc4cnc(NC)cc4F)ccn3)cc2C(F)(F)F)CC1. The van der Waals surface area contributed by atoms with Crippen LogP contribution in [0.2, 0.25) is 0 Å². The predicted molar refractivity (Wildman–Crippen MR) is 141 cm³/mol. The van der Waals surface area contributed by atoms with Crippen molar-refractivity contribution in [3.05, 3.63) is 82.4 Å². The van der Waals surface area contributed by atoms with Gasteiger partial charge in [-0.25, -0.2) is 14.4 Å². The van der Waals surface area contributed by atoms with Crippen LogP contribution in [0.5, 0.6) is 0 Å². The van der Waals surface area contributed by atoms with Gasteiger partial charge in [0.15, 0.2) is 0 Å². The Morgan fingerprint density at radius 2 is 1.74 bits per heavy atom. The molecule has 1 aliphatic rings. The van der Waals surface area contributed by atoms with Gasteiger partial charge < -0.3 is 15.5 Å². The number of nitrogens with one attached hydrogen (secondary N) is 2. The van der Waals surface area contributed by atoms with Crippen molar-refractivity contribution >= 4 is 17.5 Å². The number of benzene rings is 1. The molecule has 2 aromatic heterocycles. The summed E-state index contributed by atoms with van der Waals surface area (Å²) < 4.78 is 55.9. The zero-order chi connectivity index (χ0) is 28.0. The van der Waals surface area contributed by atoms with Crippen LogP contribution < -0.4 is 10.6 Å². The number of aromatic nitrogens is 2. The molecule has 11 heteroatoms. The minimum atomic E-state index is -4.61. The van der Waals surface area contributed by atoms with Crippen molar-refractivity contribution < 1.29 is 22.4 Å². The number of nitrogens with zero attached hydrogens (tertiary/aromatic N) is 4. The third-order valence-electron chi connectivity index (χ3n) is 6.44. The zero-order valence-corrected chi connectivity index (χ0v) is 21.6. The molecule has 204 valence electrons. The van der Waals surface area contributed by atoms with Crippen LogP contribution in [0.25, 0.3) is 0 Å². The van der Waals surface area contributed by atoms with Crippen LogP contribution in [0.4, 0.5) is 29.2 Å². The maximum absolute atomic E-state index is 14.1. The first-order valence-electron chi connectivity index (χ1n) is 12.4. The van der Waals surface area contributed by atoms with Crippen molar-refractivity contribution in [3.63, 3.8) is 0 Å². The normalized spacial score (nSPS) is 14.4. The van der Waals surface area contributed by atoms with Gasteiger partial charge in [0.05, 0.1) is 11.1 Å². The van der Waals surface area contributed by atoms with Gasteiger partial charge in [0, 0.05) is 69.4 Å². The molecule has 0 saturated carbocycles. The molecular weight excluding hydrogens is 512 g/mol. The van der Waals surface area contributed by atoms with E-state index >= 15 is 0 Å². The molecule has 0 unspecified atom stereocenters. The van der Waals surface area contributed by atoms with Crippen molar-refractivity contribution in [2.45, 2.75) is 19.6 Å². The Hall–Kier alpha value is -4.01. The number of hydrogen-bond acceptors (Lipinski definition) is 6. The Balaban J connectivity index is 1.48. The molecule has 1 fully saturated rings. The molecule has 0 atom stereocenters. The minimum absolute atomic E-state index is 0.0865. The minimum Gasteiger partial charge on any atom is -0.373 e. The van der Waals surface area contributed by atoms with E-state index in [1.54, 1.807) is 13.1 Å². The number of halogens is 4. The molecule has 0 bridgehead atoms. The molecule has 0 aliphatic carbocycles. The molecule has 0 spiro atoms. The second-order valence-electron chi connectivity index (χ2n) is 9.01. The number of rotatable bonds is 6. The summed E-state index contributed by atoms with van der Waals surface area (Å²) in [6.07, 6.45) is -1.92. The van der Waals surface area contributed by atoms with Gasteiger partial charge in [0.2, 0.25) is 0 Å². The van der Waals surface area contributed by atoms with Crippen molar-refractivity contribution in [2.24, 2.45) is 0 Å². The van der Waals surface area contributed by atoms with Gasteiger partial charge in [-0.15, -0.1) is 0 Å². The summed E-state index contributed by atoms with van der Waals surface area (Å²) in [7, 11) is 1.62. The Morgan fingerprint density at radius 1 is 1.00 bits per heavy atom. The van der Waals surface area contributed by atoms with E-state index in [9.17, 15) is 22.4 Å². The first-order chi connectivity index (χ1) is 18.7. The van der Waals surface area contributed by atoms with E-state index in [1.807, 2.05) is 4.90 Å². The summed E-state index contributed by atoms with van der Waals surface area (Å²) in [5.74, 6) is 4.63. The maximum Gasteiger partial charge on any atom is 0.416 e. The van der Waals surface area contributed by atoms with Crippen molar-refractivity contribution in [1.29, 1.82) is 0 Å². The van der Waals surface area contributed by atoms with Gasteiger partial charge in [0.1, 0.15) is 17.5 Å². The summed E-state index contributed by atoms with van der Waals surface area (Å²) in [4.78, 5) is 25.1. The van der Waals surface area contributed by atoms with Crippen LogP contribution in [0.3, 0.4) is 0 Å². The van der Waals surface area contributed by atoms with Gasteiger partial charge in [-0.2, -0.15) is 13.2 Å². The summed E-state index contributed by atoms with van der Waals surface area (Å²) >= 11 is 0. The average molecular weight is 541 g/mol. The molecule has 3 heterocycles. The molecule has 39 heavy (non-hydrogen) atoms. The quantitative estimate of drug-likeness (QED) is 0.355. The molecule has 3 aromatic rings. The van der Waals surface area contributed by atoms with Crippen LogP contribution in [-0.4, -0.2) is 65.4 Å². The van der Waals surface area contributed by atoms with Crippen molar-refractivity contribution in [3.8, 4) is 11.8 Å². The molecule has 4 rings (SSSR count). The second kappa shape index (κ2) is 12.2. The number of carbonyl (C=O) groups is 1. The molecule has 2 N–H and O–H groups in total. The Bertz CT molecular complexity index is 1390. The van der Waals surface area contributed by atoms with E-state index in [-0.39, 0.29) is 29.1 Å². The van der Waals surface area contributed by atoms with Crippen LogP contribution in [0.15, 0.2) is 48.8 Å². The predicted octanol–water partition coefficient (Wildman–Crippen LogP) is 4.47. The lowest BCUT2D eigenvalue weighted by atomic mass is 10.0. The first-order valence-corrected chi connectivity index (χ1v) is 12.4. The third-order valence-corrected chi connectivity index (χ3v) is 6.44. The molecule has 1 aliphatic heterocycles. The standard InChI is InChI=1S/C28H28F4N6O/c1-3-37-10-12-38(13-11-37)18-22-7-6-20(15-23(22)28(30,31)32)27(39)36-26-14-19(8-9-34-26)4-5-21-17-35-25(33-2)16-24(21)29/h6-9,14-17H,3,10-13,18H2,1-2H3,(H,33,35)(H,34,36,39). The lowest BCUT2D eigenvalue weighted by molar-refractivity contribution is -0.138. The summed E-state index contributed by atoms with van der Waals surface area (Å²) in [6.45, 7) is 6.11. The molecule has 0 radical (unpaired) electrons. The Labute approximate surface area is 224 Å². The number of pyridine rings is 2. The highest BCUT2D eigenvalue weighted by Gasteiger charge is 2.34. The van der Waals surface area contributed by atoms with Crippen LogP contribution >= 0.6 is 0 Å². The smallest absolute Gasteiger partial charge is 0.373 e. The number of alkyl halides is 3. The van der Waals surface area contributed by atoms with Crippen LogP contribution in [-0.2, 0) is 12.7 Å². The van der Waals surface area contributed by atoms with Gasteiger partial charge >= 0.3 is 6.18 Å². The fraction of sp³-hybridized carbons (Fsp3) is 0.321. The highest BCUT2D eigenvalue weighted by molar-refractivity contribution is 6.04. The highest BCUT2D eigenvalue weighted by Crippen LogP contribution is 2.33. The number of piperazine rings is 1. The Morgan fingerprint density at radius 3 is 2.41 bits per heavy atom. The molecular formula is C28H28F4N6O. The second-order valence-corrected chi connectivity index (χ2v) is 9.01. The Kier molecular flexibility index (Phi) is 8.79.